The number of carbonyl (C=O) groups is 1. The molecule has 0 aliphatic rings. The summed E-state index contributed by atoms with van der Waals surface area (Å²) in [5.41, 5.74) is 5.53. The molecule has 3 N–H and O–H groups in total. The highest BCUT2D eigenvalue weighted by atomic mass is 32.1. The monoisotopic (exact) mass is 258 g/mol. The van der Waals surface area contributed by atoms with Crippen molar-refractivity contribution in [2.24, 2.45) is 0 Å². The van der Waals surface area contributed by atoms with Crippen LogP contribution in [0.15, 0.2) is 6.20 Å². The smallest absolute Gasteiger partial charge is 0.234 e. The number of carbonyl (C=O) groups excluding carboxylic acids is 1. The second-order valence-corrected chi connectivity index (χ2v) is 4.83. The van der Waals surface area contributed by atoms with Crippen molar-refractivity contribution in [2.75, 3.05) is 39.6 Å². The topological polar surface area (TPSA) is 80.5 Å². The minimum atomic E-state index is -0.0120. The summed E-state index contributed by atoms with van der Waals surface area (Å²) in [7, 11) is 3.48. The summed E-state index contributed by atoms with van der Waals surface area (Å²) < 4.78 is 4.85. The van der Waals surface area contributed by atoms with Crippen molar-refractivity contribution in [1.29, 1.82) is 0 Å². The van der Waals surface area contributed by atoms with Crippen molar-refractivity contribution in [3.05, 3.63) is 11.1 Å². The van der Waals surface area contributed by atoms with E-state index in [4.69, 9.17) is 10.5 Å². The summed E-state index contributed by atoms with van der Waals surface area (Å²) in [6.07, 6.45) is 1.74. The van der Waals surface area contributed by atoms with Crippen molar-refractivity contribution in [3.8, 4) is 0 Å². The highest BCUT2D eigenvalue weighted by Crippen LogP contribution is 2.15. The number of nitrogens with zero attached hydrogens (tertiary/aromatic N) is 2. The van der Waals surface area contributed by atoms with E-state index in [-0.39, 0.29) is 5.91 Å². The maximum Gasteiger partial charge on any atom is 0.234 e. The predicted molar refractivity (Wildman–Crippen MR) is 67.7 cm³/mol. The third-order valence-corrected chi connectivity index (χ3v) is 2.85. The molecule has 1 heterocycles. The maximum atomic E-state index is 11.5. The number of anilines is 1. The van der Waals surface area contributed by atoms with Crippen LogP contribution in [0.2, 0.25) is 0 Å². The molecule has 0 bridgehead atoms. The van der Waals surface area contributed by atoms with Gasteiger partial charge in [-0.15, -0.1) is 11.3 Å². The molecule has 0 radical (unpaired) electrons. The fourth-order valence-corrected chi connectivity index (χ4v) is 2.08. The number of amides is 1. The first-order valence-electron chi connectivity index (χ1n) is 5.26. The van der Waals surface area contributed by atoms with Gasteiger partial charge in [0.25, 0.3) is 0 Å². The van der Waals surface area contributed by atoms with Crippen LogP contribution in [0, 0.1) is 0 Å². The molecule has 1 aromatic rings. The van der Waals surface area contributed by atoms with Crippen LogP contribution in [0.1, 0.15) is 4.88 Å². The van der Waals surface area contributed by atoms with Gasteiger partial charge in [0.2, 0.25) is 5.91 Å². The number of hydrogen-bond acceptors (Lipinski definition) is 6. The van der Waals surface area contributed by atoms with E-state index in [9.17, 15) is 4.79 Å². The lowest BCUT2D eigenvalue weighted by atomic mass is 10.4. The van der Waals surface area contributed by atoms with Gasteiger partial charge in [0, 0.05) is 31.3 Å². The van der Waals surface area contributed by atoms with Crippen molar-refractivity contribution >= 4 is 22.4 Å². The standard InChI is InChI=1S/C10H18N4O2S/c1-14(6-8-5-13-10(11)17-8)7-9(15)12-3-4-16-2/h5H,3-4,6-7H2,1-2H3,(H2,11,13)(H,12,15). The molecule has 0 saturated carbocycles. The molecular weight excluding hydrogens is 240 g/mol. The van der Waals surface area contributed by atoms with E-state index in [2.05, 4.69) is 10.3 Å². The van der Waals surface area contributed by atoms with Crippen molar-refractivity contribution in [3.63, 3.8) is 0 Å². The third-order valence-electron chi connectivity index (χ3n) is 2.04. The zero-order valence-electron chi connectivity index (χ0n) is 10.1. The highest BCUT2D eigenvalue weighted by molar-refractivity contribution is 7.15. The fraction of sp³-hybridized carbons (Fsp3) is 0.600. The zero-order valence-corrected chi connectivity index (χ0v) is 10.9. The van der Waals surface area contributed by atoms with E-state index in [0.29, 0.717) is 31.4 Å². The Labute approximate surface area is 105 Å². The first-order valence-corrected chi connectivity index (χ1v) is 6.08. The summed E-state index contributed by atoms with van der Waals surface area (Å²) in [6.45, 7) is 2.09. The molecule has 1 amide bonds. The quantitative estimate of drug-likeness (QED) is 0.669. The second kappa shape index (κ2) is 7.21. The van der Waals surface area contributed by atoms with Gasteiger partial charge in [-0.1, -0.05) is 0 Å². The summed E-state index contributed by atoms with van der Waals surface area (Å²) in [4.78, 5) is 18.4. The lowest BCUT2D eigenvalue weighted by Gasteiger charge is -2.14. The van der Waals surface area contributed by atoms with Gasteiger partial charge in [0.1, 0.15) is 0 Å². The number of aromatic nitrogens is 1. The van der Waals surface area contributed by atoms with Gasteiger partial charge < -0.3 is 15.8 Å². The van der Waals surface area contributed by atoms with Crippen LogP contribution >= 0.6 is 11.3 Å². The van der Waals surface area contributed by atoms with E-state index in [1.54, 1.807) is 13.3 Å². The number of nitrogens with two attached hydrogens (primary N) is 1. The van der Waals surface area contributed by atoms with Crippen molar-refractivity contribution in [2.45, 2.75) is 6.54 Å². The van der Waals surface area contributed by atoms with Crippen LogP contribution in [-0.4, -0.2) is 49.6 Å². The largest absolute Gasteiger partial charge is 0.383 e. The number of hydrogen-bond donors (Lipinski definition) is 2. The van der Waals surface area contributed by atoms with E-state index in [1.807, 2.05) is 11.9 Å². The number of nitrogen functional groups attached to an aromatic ring is 1. The second-order valence-electron chi connectivity index (χ2n) is 3.68. The number of ether oxygens (including phenoxy) is 1. The van der Waals surface area contributed by atoms with Crippen LogP contribution in [0.25, 0.3) is 0 Å². The highest BCUT2D eigenvalue weighted by Gasteiger charge is 2.08. The number of likely N-dealkylation sites (N-methyl/N-ethyl adjacent to an activating group) is 1. The molecule has 0 fully saturated rings. The Kier molecular flexibility index (Phi) is 5.88. The van der Waals surface area contributed by atoms with E-state index >= 15 is 0 Å². The van der Waals surface area contributed by atoms with Gasteiger partial charge in [-0.05, 0) is 7.05 Å². The molecular formula is C10H18N4O2S. The van der Waals surface area contributed by atoms with Crippen LogP contribution in [0.4, 0.5) is 5.13 Å². The molecule has 0 aromatic carbocycles. The van der Waals surface area contributed by atoms with Crippen LogP contribution in [0.5, 0.6) is 0 Å². The Morgan fingerprint density at radius 2 is 2.47 bits per heavy atom. The number of rotatable bonds is 7. The molecule has 17 heavy (non-hydrogen) atoms. The molecule has 0 saturated heterocycles. The average molecular weight is 258 g/mol. The SMILES string of the molecule is COCCNC(=O)CN(C)Cc1cnc(N)s1. The Morgan fingerprint density at radius 1 is 1.71 bits per heavy atom. The molecule has 0 aliphatic heterocycles. The fourth-order valence-electron chi connectivity index (χ4n) is 1.31. The van der Waals surface area contributed by atoms with Crippen LogP contribution in [0.3, 0.4) is 0 Å². The summed E-state index contributed by atoms with van der Waals surface area (Å²) in [5, 5.41) is 3.32. The van der Waals surface area contributed by atoms with E-state index < -0.39 is 0 Å². The minimum Gasteiger partial charge on any atom is -0.383 e. The zero-order chi connectivity index (χ0) is 12.7. The number of thiazole rings is 1. The molecule has 0 spiro atoms. The van der Waals surface area contributed by atoms with Crippen LogP contribution in [-0.2, 0) is 16.1 Å². The van der Waals surface area contributed by atoms with Crippen LogP contribution < -0.4 is 11.1 Å². The number of nitrogens with one attached hydrogen (secondary N) is 1. The van der Waals surface area contributed by atoms with Crippen molar-refractivity contribution in [1.82, 2.24) is 15.2 Å². The molecule has 6 nitrogen and oxygen atoms in total. The van der Waals surface area contributed by atoms with E-state index in [1.165, 1.54) is 11.3 Å². The Hall–Kier alpha value is -1.18. The average Bonchev–Trinajstić information content (AvgIpc) is 2.64. The third kappa shape index (κ3) is 5.62. The summed E-state index contributed by atoms with van der Waals surface area (Å²) in [6, 6.07) is 0. The molecule has 0 unspecified atom stereocenters. The molecule has 0 aliphatic carbocycles. The molecule has 1 aromatic heterocycles. The van der Waals surface area contributed by atoms with E-state index in [0.717, 1.165) is 4.88 Å². The summed E-state index contributed by atoms with van der Waals surface area (Å²) >= 11 is 1.44. The predicted octanol–water partition coefficient (Wildman–Crippen LogP) is -0.0803. The molecule has 7 heteroatoms. The first-order chi connectivity index (χ1) is 8.11. The Bertz CT molecular complexity index is 356. The van der Waals surface area contributed by atoms with Gasteiger partial charge in [-0.3, -0.25) is 9.69 Å². The molecule has 96 valence electrons. The van der Waals surface area contributed by atoms with Gasteiger partial charge in [-0.2, -0.15) is 0 Å². The van der Waals surface area contributed by atoms with Gasteiger partial charge in [0.05, 0.1) is 13.2 Å². The first kappa shape index (κ1) is 13.9. The van der Waals surface area contributed by atoms with Gasteiger partial charge in [0.15, 0.2) is 5.13 Å². The summed E-state index contributed by atoms with van der Waals surface area (Å²) in [5.74, 6) is -0.0120. The number of methoxy groups -OCH3 is 1. The van der Waals surface area contributed by atoms with Crippen molar-refractivity contribution < 1.29 is 9.53 Å². The minimum absolute atomic E-state index is 0.0120. The Balaban J connectivity index is 2.24. The lowest BCUT2D eigenvalue weighted by molar-refractivity contribution is -0.122. The lowest BCUT2D eigenvalue weighted by Crippen LogP contribution is -2.36. The van der Waals surface area contributed by atoms with Gasteiger partial charge in [-0.25, -0.2) is 4.98 Å². The maximum absolute atomic E-state index is 11.5. The molecule has 1 rings (SSSR count). The van der Waals surface area contributed by atoms with Gasteiger partial charge >= 0.3 is 0 Å². The Morgan fingerprint density at radius 3 is 3.06 bits per heavy atom. The normalized spacial score (nSPS) is 10.8. The molecule has 0 atom stereocenters.